The van der Waals surface area contributed by atoms with Gasteiger partial charge in [-0.15, -0.1) is 0 Å². The third-order valence-electron chi connectivity index (χ3n) is 4.68. The maximum atomic E-state index is 13.2. The van der Waals surface area contributed by atoms with Crippen LogP contribution in [0.1, 0.15) is 31.1 Å². The van der Waals surface area contributed by atoms with Crippen molar-refractivity contribution in [2.45, 2.75) is 32.4 Å². The van der Waals surface area contributed by atoms with Gasteiger partial charge in [-0.3, -0.25) is 9.69 Å². The molecule has 10 heteroatoms. The first-order valence-corrected chi connectivity index (χ1v) is 9.73. The number of hydrogen-bond acceptors (Lipinski definition) is 8. The highest BCUT2D eigenvalue weighted by molar-refractivity contribution is 5.96. The van der Waals surface area contributed by atoms with Gasteiger partial charge in [-0.1, -0.05) is 0 Å². The molecule has 0 aromatic heterocycles. The standard InChI is InChI=1S/C21H30N2O8/c1-21(2,3)31-20(26)23-9-8-22(12-14(23)19(25)30-7)18(24)13-10-15(27-4)17(29-6)16(11-13)28-5/h10-11,14H,8-9,12H2,1-7H3. The van der Waals surface area contributed by atoms with E-state index in [4.69, 9.17) is 23.7 Å². The van der Waals surface area contributed by atoms with Crippen LogP contribution in [0, 0.1) is 0 Å². The molecule has 0 spiro atoms. The van der Waals surface area contributed by atoms with Crippen LogP contribution in [0.3, 0.4) is 0 Å². The van der Waals surface area contributed by atoms with E-state index in [1.807, 2.05) is 0 Å². The first kappa shape index (κ1) is 24.1. The number of amides is 2. The molecule has 0 saturated carbocycles. The molecule has 1 aromatic carbocycles. The number of hydrogen-bond donors (Lipinski definition) is 0. The third-order valence-corrected chi connectivity index (χ3v) is 4.68. The van der Waals surface area contributed by atoms with E-state index in [1.54, 1.807) is 20.8 Å². The highest BCUT2D eigenvalue weighted by atomic mass is 16.6. The largest absolute Gasteiger partial charge is 0.493 e. The molecule has 1 heterocycles. The number of rotatable bonds is 5. The van der Waals surface area contributed by atoms with Crippen molar-refractivity contribution >= 4 is 18.0 Å². The summed E-state index contributed by atoms with van der Waals surface area (Å²) in [5.41, 5.74) is -0.426. The maximum absolute atomic E-state index is 13.2. The topological polar surface area (TPSA) is 104 Å². The number of esters is 1. The second kappa shape index (κ2) is 9.76. The van der Waals surface area contributed by atoms with Gasteiger partial charge in [-0.05, 0) is 32.9 Å². The Kier molecular flexibility index (Phi) is 7.59. The molecule has 1 fully saturated rings. The molecule has 0 N–H and O–H groups in total. The number of methoxy groups -OCH3 is 4. The van der Waals surface area contributed by atoms with E-state index in [1.165, 1.54) is 50.4 Å². The zero-order chi connectivity index (χ0) is 23.3. The lowest BCUT2D eigenvalue weighted by atomic mass is 10.1. The molecule has 0 bridgehead atoms. The highest BCUT2D eigenvalue weighted by Gasteiger charge is 2.40. The monoisotopic (exact) mass is 438 g/mol. The van der Waals surface area contributed by atoms with Gasteiger partial charge in [0, 0.05) is 18.7 Å². The van der Waals surface area contributed by atoms with Gasteiger partial charge < -0.3 is 28.6 Å². The van der Waals surface area contributed by atoms with E-state index in [0.717, 1.165) is 0 Å². The van der Waals surface area contributed by atoms with Gasteiger partial charge in [0.2, 0.25) is 5.75 Å². The van der Waals surface area contributed by atoms with E-state index in [-0.39, 0.29) is 25.5 Å². The lowest BCUT2D eigenvalue weighted by Crippen LogP contribution is -2.60. The lowest BCUT2D eigenvalue weighted by Gasteiger charge is -2.40. The number of nitrogens with zero attached hydrogens (tertiary/aromatic N) is 2. The molecule has 172 valence electrons. The minimum atomic E-state index is -0.986. The maximum Gasteiger partial charge on any atom is 0.411 e. The van der Waals surface area contributed by atoms with Crippen LogP contribution in [0.15, 0.2) is 12.1 Å². The zero-order valence-electron chi connectivity index (χ0n) is 19.0. The number of piperazine rings is 1. The Morgan fingerprint density at radius 3 is 1.97 bits per heavy atom. The summed E-state index contributed by atoms with van der Waals surface area (Å²) in [4.78, 5) is 40.9. The summed E-state index contributed by atoms with van der Waals surface area (Å²) < 4.78 is 26.2. The summed E-state index contributed by atoms with van der Waals surface area (Å²) in [6, 6.07) is 2.09. The molecule has 1 saturated heterocycles. The average molecular weight is 438 g/mol. The van der Waals surface area contributed by atoms with Crippen molar-refractivity contribution in [2.24, 2.45) is 0 Å². The van der Waals surface area contributed by atoms with Gasteiger partial charge in [0.25, 0.3) is 5.91 Å². The molecule has 0 aliphatic carbocycles. The summed E-state index contributed by atoms with van der Waals surface area (Å²) in [7, 11) is 5.62. The number of ether oxygens (including phenoxy) is 5. The molecule has 1 aliphatic rings. The second-order valence-electron chi connectivity index (χ2n) is 7.88. The van der Waals surface area contributed by atoms with Gasteiger partial charge in [0.05, 0.1) is 35.0 Å². The predicted octanol–water partition coefficient (Wildman–Crippen LogP) is 1.95. The first-order chi connectivity index (χ1) is 14.6. The van der Waals surface area contributed by atoms with Crippen molar-refractivity contribution in [3.8, 4) is 17.2 Å². The highest BCUT2D eigenvalue weighted by Crippen LogP contribution is 2.38. The average Bonchev–Trinajstić information content (AvgIpc) is 2.75. The van der Waals surface area contributed by atoms with Crippen LogP contribution < -0.4 is 14.2 Å². The molecule has 1 unspecified atom stereocenters. The van der Waals surface area contributed by atoms with Crippen molar-refractivity contribution in [1.29, 1.82) is 0 Å². The van der Waals surface area contributed by atoms with E-state index in [0.29, 0.717) is 22.8 Å². The lowest BCUT2D eigenvalue weighted by molar-refractivity contribution is -0.148. The fourth-order valence-corrected chi connectivity index (χ4v) is 3.23. The molecule has 10 nitrogen and oxygen atoms in total. The molecule has 31 heavy (non-hydrogen) atoms. The minimum Gasteiger partial charge on any atom is -0.493 e. The number of benzene rings is 1. The Bertz CT molecular complexity index is 808. The van der Waals surface area contributed by atoms with Crippen LogP contribution in [0.25, 0.3) is 0 Å². The van der Waals surface area contributed by atoms with Crippen molar-refractivity contribution in [3.05, 3.63) is 17.7 Å². The van der Waals surface area contributed by atoms with Crippen molar-refractivity contribution in [2.75, 3.05) is 48.1 Å². The number of carbonyl (C=O) groups is 3. The van der Waals surface area contributed by atoms with Gasteiger partial charge in [0.15, 0.2) is 17.5 Å². The van der Waals surface area contributed by atoms with Crippen LogP contribution in [0.5, 0.6) is 17.2 Å². The van der Waals surface area contributed by atoms with Crippen LogP contribution in [-0.4, -0.2) is 87.5 Å². The molecule has 1 aromatic rings. The van der Waals surface area contributed by atoms with Crippen LogP contribution in [0.2, 0.25) is 0 Å². The summed E-state index contributed by atoms with van der Waals surface area (Å²) in [6.45, 7) is 5.50. The van der Waals surface area contributed by atoms with E-state index in [2.05, 4.69) is 0 Å². The molecular weight excluding hydrogens is 408 g/mol. The van der Waals surface area contributed by atoms with E-state index < -0.39 is 23.7 Å². The summed E-state index contributed by atoms with van der Waals surface area (Å²) in [5, 5.41) is 0. The summed E-state index contributed by atoms with van der Waals surface area (Å²) in [5.74, 6) is 0.0539. The second-order valence-corrected chi connectivity index (χ2v) is 7.88. The molecule has 2 rings (SSSR count). The molecule has 0 radical (unpaired) electrons. The Hall–Kier alpha value is -3.17. The fourth-order valence-electron chi connectivity index (χ4n) is 3.23. The van der Waals surface area contributed by atoms with E-state index >= 15 is 0 Å². The zero-order valence-corrected chi connectivity index (χ0v) is 19.0. The Morgan fingerprint density at radius 2 is 1.52 bits per heavy atom. The fraction of sp³-hybridized carbons (Fsp3) is 0.571. The van der Waals surface area contributed by atoms with Gasteiger partial charge in [0.1, 0.15) is 5.60 Å². The smallest absolute Gasteiger partial charge is 0.411 e. The predicted molar refractivity (Wildman–Crippen MR) is 111 cm³/mol. The van der Waals surface area contributed by atoms with Gasteiger partial charge >= 0.3 is 12.1 Å². The van der Waals surface area contributed by atoms with Crippen molar-refractivity contribution < 1.29 is 38.1 Å². The summed E-state index contributed by atoms with van der Waals surface area (Å²) in [6.07, 6.45) is -0.636. The van der Waals surface area contributed by atoms with Crippen molar-refractivity contribution in [1.82, 2.24) is 9.80 Å². The van der Waals surface area contributed by atoms with Crippen LogP contribution >= 0.6 is 0 Å². The molecule has 1 atom stereocenters. The van der Waals surface area contributed by atoms with Gasteiger partial charge in [-0.25, -0.2) is 9.59 Å². The van der Waals surface area contributed by atoms with Crippen LogP contribution in [0.4, 0.5) is 4.79 Å². The Morgan fingerprint density at radius 1 is 0.935 bits per heavy atom. The first-order valence-electron chi connectivity index (χ1n) is 9.73. The molecule has 1 aliphatic heterocycles. The molecular formula is C21H30N2O8. The minimum absolute atomic E-state index is 0.0403. The Labute approximate surface area is 181 Å². The number of carbonyl (C=O) groups excluding carboxylic acids is 3. The Balaban J connectivity index is 2.30. The van der Waals surface area contributed by atoms with Crippen molar-refractivity contribution in [3.63, 3.8) is 0 Å². The normalized spacial score (nSPS) is 16.4. The molecule has 2 amide bonds. The van der Waals surface area contributed by atoms with E-state index in [9.17, 15) is 14.4 Å². The third kappa shape index (κ3) is 5.50. The van der Waals surface area contributed by atoms with Gasteiger partial charge in [-0.2, -0.15) is 0 Å². The summed E-state index contributed by atoms with van der Waals surface area (Å²) >= 11 is 0. The van der Waals surface area contributed by atoms with Crippen LogP contribution in [-0.2, 0) is 14.3 Å². The quantitative estimate of drug-likeness (QED) is 0.643. The SMILES string of the molecule is COC(=O)C1CN(C(=O)c2cc(OC)c(OC)c(OC)c2)CCN1C(=O)OC(C)(C)C.